The van der Waals surface area contributed by atoms with Crippen LogP contribution in [0, 0.1) is 5.82 Å². The van der Waals surface area contributed by atoms with Gasteiger partial charge in [-0.05, 0) is 25.0 Å². The van der Waals surface area contributed by atoms with E-state index in [4.69, 9.17) is 5.84 Å². The maximum Gasteiger partial charge on any atom is 0.146 e. The van der Waals surface area contributed by atoms with Crippen LogP contribution in [-0.2, 0) is 0 Å². The number of hydrogen-bond acceptors (Lipinski definition) is 3. The number of hydrogen-bond donors (Lipinski definition) is 2. The molecule has 0 fully saturated rings. The number of pyridine rings is 1. The maximum absolute atomic E-state index is 13.3. The highest BCUT2D eigenvalue weighted by molar-refractivity contribution is 5.11. The lowest BCUT2D eigenvalue weighted by Crippen LogP contribution is -2.29. The molecule has 3 N–H and O–H groups in total. The molecule has 14 heavy (non-hydrogen) atoms. The zero-order valence-corrected chi connectivity index (χ0v) is 7.91. The van der Waals surface area contributed by atoms with Crippen LogP contribution in [0.5, 0.6) is 0 Å². The Hall–Kier alpha value is -1.26. The summed E-state index contributed by atoms with van der Waals surface area (Å²) < 4.78 is 13.3. The van der Waals surface area contributed by atoms with Crippen molar-refractivity contribution in [1.82, 2.24) is 10.4 Å². The van der Waals surface area contributed by atoms with Crippen LogP contribution in [-0.4, -0.2) is 4.98 Å². The second kappa shape index (κ2) is 5.47. The monoisotopic (exact) mass is 195 g/mol. The van der Waals surface area contributed by atoms with Gasteiger partial charge >= 0.3 is 0 Å². The van der Waals surface area contributed by atoms with Crippen molar-refractivity contribution in [3.8, 4) is 0 Å². The van der Waals surface area contributed by atoms with E-state index in [1.54, 1.807) is 18.3 Å². The van der Waals surface area contributed by atoms with Gasteiger partial charge in [-0.15, -0.1) is 6.58 Å². The number of nitrogens with one attached hydrogen (secondary N) is 1. The molecule has 0 aromatic carbocycles. The van der Waals surface area contributed by atoms with Gasteiger partial charge < -0.3 is 0 Å². The van der Waals surface area contributed by atoms with Crippen LogP contribution >= 0.6 is 0 Å². The lowest BCUT2D eigenvalue weighted by molar-refractivity contribution is 0.474. The van der Waals surface area contributed by atoms with Gasteiger partial charge in [0.2, 0.25) is 0 Å². The number of rotatable bonds is 5. The molecule has 1 heterocycles. The van der Waals surface area contributed by atoms with E-state index in [9.17, 15) is 4.39 Å². The molecule has 0 amide bonds. The van der Waals surface area contributed by atoms with Gasteiger partial charge in [-0.1, -0.05) is 6.08 Å². The Morgan fingerprint density at radius 3 is 3.07 bits per heavy atom. The van der Waals surface area contributed by atoms with Crippen molar-refractivity contribution < 1.29 is 4.39 Å². The second-order valence-electron chi connectivity index (χ2n) is 2.96. The fourth-order valence-electron chi connectivity index (χ4n) is 1.24. The van der Waals surface area contributed by atoms with E-state index in [1.165, 1.54) is 6.07 Å². The highest BCUT2D eigenvalue weighted by Crippen LogP contribution is 2.17. The standard InChI is InChI=1S/C10H14FN3/c1-2-3-6-9(14-12)10-8(11)5-4-7-13-10/h2,4-5,7,9,14H,1,3,6,12H2. The quantitative estimate of drug-likeness (QED) is 0.427. The van der Waals surface area contributed by atoms with Crippen molar-refractivity contribution >= 4 is 0 Å². The van der Waals surface area contributed by atoms with Gasteiger partial charge in [-0.25, -0.2) is 4.39 Å². The summed E-state index contributed by atoms with van der Waals surface area (Å²) in [4.78, 5) is 3.95. The van der Waals surface area contributed by atoms with Crippen molar-refractivity contribution in [3.63, 3.8) is 0 Å². The summed E-state index contributed by atoms with van der Waals surface area (Å²) in [5, 5.41) is 0. The van der Waals surface area contributed by atoms with E-state index < -0.39 is 0 Å². The predicted octanol–water partition coefficient (Wildman–Crippen LogP) is 1.69. The molecule has 1 aromatic rings. The Bertz CT molecular complexity index is 301. The molecule has 76 valence electrons. The molecule has 3 nitrogen and oxygen atoms in total. The van der Waals surface area contributed by atoms with Crippen molar-refractivity contribution in [1.29, 1.82) is 0 Å². The molecule has 4 heteroatoms. The van der Waals surface area contributed by atoms with Gasteiger partial charge in [0.15, 0.2) is 0 Å². The summed E-state index contributed by atoms with van der Waals surface area (Å²) in [5.41, 5.74) is 2.90. The van der Waals surface area contributed by atoms with E-state index in [-0.39, 0.29) is 11.9 Å². The molecule has 1 atom stereocenters. The Balaban J connectivity index is 2.78. The topological polar surface area (TPSA) is 50.9 Å². The maximum atomic E-state index is 13.3. The second-order valence-corrected chi connectivity index (χ2v) is 2.96. The van der Waals surface area contributed by atoms with Crippen LogP contribution in [0.25, 0.3) is 0 Å². The molecule has 0 aliphatic rings. The smallest absolute Gasteiger partial charge is 0.146 e. The van der Waals surface area contributed by atoms with Gasteiger partial charge in [0.25, 0.3) is 0 Å². The van der Waals surface area contributed by atoms with E-state index in [1.807, 2.05) is 0 Å². The van der Waals surface area contributed by atoms with Gasteiger partial charge in [0.05, 0.1) is 11.7 Å². The molecular weight excluding hydrogens is 181 g/mol. The van der Waals surface area contributed by atoms with E-state index in [0.29, 0.717) is 12.1 Å². The molecule has 0 saturated carbocycles. The minimum absolute atomic E-state index is 0.255. The Morgan fingerprint density at radius 1 is 1.71 bits per heavy atom. The van der Waals surface area contributed by atoms with Crippen molar-refractivity contribution in [2.24, 2.45) is 5.84 Å². The van der Waals surface area contributed by atoms with Crippen molar-refractivity contribution in [2.75, 3.05) is 0 Å². The minimum Gasteiger partial charge on any atom is -0.271 e. The minimum atomic E-state index is -0.334. The fourth-order valence-corrected chi connectivity index (χ4v) is 1.24. The van der Waals surface area contributed by atoms with Crippen LogP contribution in [0.1, 0.15) is 24.6 Å². The number of nitrogens with two attached hydrogens (primary N) is 1. The third kappa shape index (κ3) is 2.61. The van der Waals surface area contributed by atoms with Crippen LogP contribution in [0.3, 0.4) is 0 Å². The first-order chi connectivity index (χ1) is 6.79. The molecule has 0 bridgehead atoms. The Morgan fingerprint density at radius 2 is 2.50 bits per heavy atom. The average Bonchev–Trinajstić information content (AvgIpc) is 2.21. The van der Waals surface area contributed by atoms with E-state index in [2.05, 4.69) is 17.0 Å². The highest BCUT2D eigenvalue weighted by atomic mass is 19.1. The third-order valence-electron chi connectivity index (χ3n) is 1.98. The number of hydrazine groups is 1. The zero-order valence-electron chi connectivity index (χ0n) is 7.91. The fraction of sp³-hybridized carbons (Fsp3) is 0.300. The summed E-state index contributed by atoms with van der Waals surface area (Å²) in [6, 6.07) is 2.68. The normalized spacial score (nSPS) is 12.4. The number of halogens is 1. The molecule has 0 spiro atoms. The van der Waals surface area contributed by atoms with E-state index >= 15 is 0 Å². The number of allylic oxidation sites excluding steroid dienone is 1. The van der Waals surface area contributed by atoms with Crippen molar-refractivity contribution in [3.05, 3.63) is 42.5 Å². The molecule has 0 saturated heterocycles. The molecule has 0 aliphatic heterocycles. The lowest BCUT2D eigenvalue weighted by atomic mass is 10.1. The molecule has 0 aliphatic carbocycles. The van der Waals surface area contributed by atoms with Crippen LogP contribution in [0.2, 0.25) is 0 Å². The first-order valence-corrected chi connectivity index (χ1v) is 4.47. The van der Waals surface area contributed by atoms with Gasteiger partial charge in [-0.2, -0.15) is 0 Å². The van der Waals surface area contributed by atoms with Gasteiger partial charge in [0, 0.05) is 6.20 Å². The van der Waals surface area contributed by atoms with Crippen LogP contribution in [0.15, 0.2) is 31.0 Å². The summed E-state index contributed by atoms with van der Waals surface area (Å²) in [6.45, 7) is 3.60. The Kier molecular flexibility index (Phi) is 4.22. The summed E-state index contributed by atoms with van der Waals surface area (Å²) in [7, 11) is 0. The highest BCUT2D eigenvalue weighted by Gasteiger charge is 2.14. The average molecular weight is 195 g/mol. The molecule has 1 aromatic heterocycles. The van der Waals surface area contributed by atoms with Gasteiger partial charge in [-0.3, -0.25) is 16.3 Å². The third-order valence-corrected chi connectivity index (χ3v) is 1.98. The summed E-state index contributed by atoms with van der Waals surface area (Å²) in [5.74, 6) is 4.99. The molecule has 1 unspecified atom stereocenters. The Labute approximate surface area is 82.8 Å². The molecular formula is C10H14FN3. The largest absolute Gasteiger partial charge is 0.271 e. The first-order valence-electron chi connectivity index (χ1n) is 4.47. The van der Waals surface area contributed by atoms with Crippen LogP contribution in [0.4, 0.5) is 4.39 Å². The SMILES string of the molecule is C=CCCC(NN)c1ncccc1F. The van der Waals surface area contributed by atoms with Crippen LogP contribution < -0.4 is 11.3 Å². The predicted molar refractivity (Wildman–Crippen MR) is 53.7 cm³/mol. The summed E-state index contributed by atoms with van der Waals surface area (Å²) >= 11 is 0. The number of aromatic nitrogens is 1. The molecule has 1 rings (SSSR count). The van der Waals surface area contributed by atoms with Gasteiger partial charge in [0.1, 0.15) is 5.82 Å². The molecule has 0 radical (unpaired) electrons. The first kappa shape index (κ1) is 10.8. The van der Waals surface area contributed by atoms with E-state index in [0.717, 1.165) is 6.42 Å². The lowest BCUT2D eigenvalue weighted by Gasteiger charge is -2.14. The zero-order chi connectivity index (χ0) is 10.4. The number of nitrogens with zero attached hydrogens (tertiary/aromatic N) is 1. The summed E-state index contributed by atoms with van der Waals surface area (Å²) in [6.07, 6.45) is 4.78. The van der Waals surface area contributed by atoms with Crippen molar-refractivity contribution in [2.45, 2.75) is 18.9 Å².